The second-order valence-electron chi connectivity index (χ2n) is 0.408. The molecule has 0 saturated heterocycles. The van der Waals surface area contributed by atoms with Crippen molar-refractivity contribution >= 4 is 34.3 Å². The second-order valence-corrected chi connectivity index (χ2v) is 1.22. The van der Waals surface area contributed by atoms with E-state index in [9.17, 15) is 0 Å². The molecule has 7 heteroatoms. The van der Waals surface area contributed by atoms with Crippen LogP contribution in [-0.4, -0.2) is 41.4 Å². The molecule has 0 aromatic rings. The van der Waals surface area contributed by atoms with Gasteiger partial charge in [0.2, 0.25) is 0 Å². The molecule has 0 atom stereocenters. The Labute approximate surface area is 64.2 Å². The standard InChI is InChI=1S/ClH.H2O4S.Sn/c;1-5(2,3)4;/h1H;(H2,1,2,3,4);/q;;+3/p-3. The molecule has 0 heterocycles. The maximum absolute atomic E-state index is 8.52. The minimum atomic E-state index is -5.17. The van der Waals surface area contributed by atoms with E-state index in [1.807, 2.05) is 0 Å². The van der Waals surface area contributed by atoms with E-state index in [4.69, 9.17) is 17.5 Å². The fourth-order valence-electron chi connectivity index (χ4n) is 0. The third kappa shape index (κ3) is 186. The summed E-state index contributed by atoms with van der Waals surface area (Å²) in [5, 5.41) is 0. The molecule has 0 unspecified atom stereocenters. The first-order valence-electron chi connectivity index (χ1n) is 0.667. The Morgan fingerprint density at radius 1 is 1.14 bits per heavy atom. The molecule has 0 saturated carbocycles. The minimum absolute atomic E-state index is 0. The van der Waals surface area contributed by atoms with Crippen molar-refractivity contribution in [3.63, 3.8) is 0 Å². The molecule has 4 nitrogen and oxygen atoms in total. The summed E-state index contributed by atoms with van der Waals surface area (Å²) in [5.41, 5.74) is 0. The molecule has 0 fully saturated rings. The quantitative estimate of drug-likeness (QED) is 0.246. The Bertz CT molecular complexity index is 94.9. The molecule has 0 aliphatic rings. The van der Waals surface area contributed by atoms with Crippen molar-refractivity contribution < 1.29 is 29.9 Å². The molecular weight excluding hydrogens is 250 g/mol. The number of hydrogen-bond donors (Lipinski definition) is 0. The molecule has 0 N–H and O–H groups in total. The van der Waals surface area contributed by atoms with Crippen LogP contribution in [0.3, 0.4) is 0 Å². The molecule has 0 aliphatic heterocycles. The normalized spacial score (nSPS) is 8.29. The average molecular weight is 250 g/mol. The maximum Gasteiger partial charge on any atom is 3.00 e. The summed E-state index contributed by atoms with van der Waals surface area (Å²) in [6, 6.07) is 0. The molecule has 0 bridgehead atoms. The van der Waals surface area contributed by atoms with Crippen molar-refractivity contribution in [2.45, 2.75) is 0 Å². The van der Waals surface area contributed by atoms with Gasteiger partial charge in [-0.25, -0.2) is 0 Å². The monoisotopic (exact) mass is 251 g/mol. The second kappa shape index (κ2) is 5.10. The largest absolute Gasteiger partial charge is 3.00 e. The Hall–Kier alpha value is 0.959. The van der Waals surface area contributed by atoms with E-state index < -0.39 is 10.4 Å². The Morgan fingerprint density at radius 2 is 1.14 bits per heavy atom. The van der Waals surface area contributed by atoms with Crippen LogP contribution >= 0.6 is 0 Å². The van der Waals surface area contributed by atoms with Crippen LogP contribution in [0.25, 0.3) is 0 Å². The number of rotatable bonds is 0. The molecule has 41 valence electrons. The summed E-state index contributed by atoms with van der Waals surface area (Å²) in [6.07, 6.45) is 0. The fourth-order valence-corrected chi connectivity index (χ4v) is 0. The van der Waals surface area contributed by atoms with Crippen LogP contribution in [0, 0.1) is 0 Å². The van der Waals surface area contributed by atoms with E-state index in [-0.39, 0.29) is 36.3 Å². The summed E-state index contributed by atoms with van der Waals surface area (Å²) < 4.78 is 34.1. The van der Waals surface area contributed by atoms with Gasteiger partial charge < -0.3 is 21.5 Å². The summed E-state index contributed by atoms with van der Waals surface area (Å²) in [5.74, 6) is 0. The fraction of sp³-hybridized carbons (Fsp3) is 0. The molecule has 7 heavy (non-hydrogen) atoms. The summed E-state index contributed by atoms with van der Waals surface area (Å²) in [6.45, 7) is 0. The van der Waals surface area contributed by atoms with Crippen LogP contribution in [-0.2, 0) is 10.4 Å². The predicted molar refractivity (Wildman–Crippen MR) is 16.2 cm³/mol. The van der Waals surface area contributed by atoms with Crippen molar-refractivity contribution in [1.82, 2.24) is 0 Å². The Balaban J connectivity index is -0.0000000800. The van der Waals surface area contributed by atoms with Crippen LogP contribution in [0.15, 0.2) is 0 Å². The zero-order chi connectivity index (χ0) is 4.50. The third-order valence-corrected chi connectivity index (χ3v) is 0. The molecule has 0 spiro atoms. The number of halogens is 1. The van der Waals surface area contributed by atoms with E-state index in [2.05, 4.69) is 0 Å². The molecule has 0 rings (SSSR count). The van der Waals surface area contributed by atoms with Crippen LogP contribution < -0.4 is 12.4 Å². The zero-order valence-electron chi connectivity index (χ0n) is 2.92. The number of hydrogen-bond acceptors (Lipinski definition) is 4. The zero-order valence-corrected chi connectivity index (χ0v) is 7.35. The van der Waals surface area contributed by atoms with Gasteiger partial charge in [0, 0.05) is 10.4 Å². The van der Waals surface area contributed by atoms with Crippen molar-refractivity contribution in [1.29, 1.82) is 0 Å². The molecule has 0 amide bonds. The SMILES string of the molecule is O=S(=O)([O-])[O-].[Cl-].[Sn+3]. The smallest absolute Gasteiger partial charge is 1.00 e. The van der Waals surface area contributed by atoms with E-state index in [0.29, 0.717) is 0 Å². The van der Waals surface area contributed by atoms with E-state index >= 15 is 0 Å². The van der Waals surface area contributed by atoms with Gasteiger partial charge in [-0.3, -0.25) is 8.42 Å². The average Bonchev–Trinajstić information content (AvgIpc) is 0.722. The molecule has 0 aliphatic carbocycles. The van der Waals surface area contributed by atoms with Gasteiger partial charge in [0.25, 0.3) is 0 Å². The van der Waals surface area contributed by atoms with Crippen molar-refractivity contribution in [2.24, 2.45) is 0 Å². The van der Waals surface area contributed by atoms with Gasteiger partial charge in [-0.15, -0.1) is 0 Å². The van der Waals surface area contributed by atoms with Crippen LogP contribution in [0.1, 0.15) is 0 Å². The Kier molecular flexibility index (Phi) is 11.4. The predicted octanol–water partition coefficient (Wildman–Crippen LogP) is -4.71. The summed E-state index contributed by atoms with van der Waals surface area (Å²) in [4.78, 5) is 0. The minimum Gasteiger partial charge on any atom is -1.00 e. The topological polar surface area (TPSA) is 80.3 Å². The van der Waals surface area contributed by atoms with Gasteiger partial charge >= 0.3 is 23.9 Å². The maximum atomic E-state index is 8.52. The van der Waals surface area contributed by atoms with Crippen molar-refractivity contribution in [3.05, 3.63) is 0 Å². The van der Waals surface area contributed by atoms with Crippen LogP contribution in [0.5, 0.6) is 0 Å². The van der Waals surface area contributed by atoms with E-state index in [0.717, 1.165) is 0 Å². The molecule has 1 radical (unpaired) electrons. The van der Waals surface area contributed by atoms with E-state index in [1.165, 1.54) is 0 Å². The summed E-state index contributed by atoms with van der Waals surface area (Å²) in [7, 11) is -5.17. The van der Waals surface area contributed by atoms with Gasteiger partial charge in [0.1, 0.15) is 0 Å². The van der Waals surface area contributed by atoms with Gasteiger partial charge in [-0.05, 0) is 0 Å². The van der Waals surface area contributed by atoms with Gasteiger partial charge in [-0.1, -0.05) is 0 Å². The molecule has 0 aromatic heterocycles. The molecule has 0 aromatic carbocycles. The van der Waals surface area contributed by atoms with Gasteiger partial charge in [-0.2, -0.15) is 0 Å². The van der Waals surface area contributed by atoms with Crippen LogP contribution in [0.2, 0.25) is 0 Å². The van der Waals surface area contributed by atoms with E-state index in [1.54, 1.807) is 0 Å². The van der Waals surface area contributed by atoms with Gasteiger partial charge in [0.05, 0.1) is 0 Å². The van der Waals surface area contributed by atoms with Gasteiger partial charge in [0.15, 0.2) is 0 Å². The Morgan fingerprint density at radius 3 is 1.14 bits per heavy atom. The summed E-state index contributed by atoms with van der Waals surface area (Å²) >= 11 is 0. The third-order valence-electron chi connectivity index (χ3n) is 0. The first-order valence-corrected chi connectivity index (χ1v) is 2.00. The first-order chi connectivity index (χ1) is 2.00. The van der Waals surface area contributed by atoms with Crippen molar-refractivity contribution in [3.8, 4) is 0 Å². The van der Waals surface area contributed by atoms with Crippen molar-refractivity contribution in [2.75, 3.05) is 0 Å². The molecular formula is ClO4SSn. The first kappa shape index (κ1) is 15.7. The van der Waals surface area contributed by atoms with Crippen LogP contribution in [0.4, 0.5) is 0 Å².